The van der Waals surface area contributed by atoms with Gasteiger partial charge in [0.15, 0.2) is 0 Å². The van der Waals surface area contributed by atoms with Crippen LogP contribution in [0.2, 0.25) is 0 Å². The van der Waals surface area contributed by atoms with Gasteiger partial charge in [0, 0.05) is 17.1 Å². The van der Waals surface area contributed by atoms with E-state index in [4.69, 9.17) is 10.5 Å². The van der Waals surface area contributed by atoms with Crippen molar-refractivity contribution in [3.05, 3.63) is 29.8 Å². The summed E-state index contributed by atoms with van der Waals surface area (Å²) in [5.41, 5.74) is 7.39. The Kier molecular flexibility index (Phi) is 2.37. The van der Waals surface area contributed by atoms with Crippen LogP contribution in [-0.4, -0.2) is 12.1 Å². The van der Waals surface area contributed by atoms with Gasteiger partial charge in [-0.25, -0.2) is 4.98 Å². The van der Waals surface area contributed by atoms with Crippen LogP contribution in [0.15, 0.2) is 29.8 Å². The molecule has 4 heteroatoms. The smallest absolute Gasteiger partial charge is 0.142 e. The molecule has 2 rings (SSSR count). The van der Waals surface area contributed by atoms with Crippen LogP contribution in [0.5, 0.6) is 5.75 Å². The average molecular weight is 206 g/mol. The molecule has 0 aliphatic rings. The molecular weight excluding hydrogens is 196 g/mol. The van der Waals surface area contributed by atoms with E-state index in [0.29, 0.717) is 11.4 Å². The third-order valence-corrected chi connectivity index (χ3v) is 2.73. The Labute approximate surface area is 86.2 Å². The fraction of sp³-hybridized carbons (Fsp3) is 0.100. The first kappa shape index (κ1) is 9.02. The molecule has 72 valence electrons. The van der Waals surface area contributed by atoms with Gasteiger partial charge in [0.05, 0.1) is 12.8 Å². The Morgan fingerprint density at radius 3 is 2.93 bits per heavy atom. The Hall–Kier alpha value is -1.55. The minimum Gasteiger partial charge on any atom is -0.495 e. The van der Waals surface area contributed by atoms with Crippen molar-refractivity contribution in [2.24, 2.45) is 0 Å². The first-order valence-corrected chi connectivity index (χ1v) is 5.02. The quantitative estimate of drug-likeness (QED) is 0.767. The summed E-state index contributed by atoms with van der Waals surface area (Å²) in [6, 6.07) is 5.67. The van der Waals surface area contributed by atoms with Crippen LogP contribution in [0.25, 0.3) is 10.6 Å². The molecule has 0 fully saturated rings. The minimum absolute atomic E-state index is 0.646. The number of anilines is 1. The molecule has 0 aliphatic carbocycles. The third-order valence-electron chi connectivity index (χ3n) is 1.91. The normalized spacial score (nSPS) is 10.1. The number of ether oxygens (including phenoxy) is 1. The van der Waals surface area contributed by atoms with Crippen molar-refractivity contribution in [1.29, 1.82) is 0 Å². The molecule has 0 saturated carbocycles. The summed E-state index contributed by atoms with van der Waals surface area (Å²) in [5.74, 6) is 0.692. The maximum atomic E-state index is 5.71. The molecule has 0 unspecified atom stereocenters. The SMILES string of the molecule is COc1cc(-c2nccs2)ccc1N. The van der Waals surface area contributed by atoms with Gasteiger partial charge in [-0.15, -0.1) is 11.3 Å². The number of benzene rings is 1. The van der Waals surface area contributed by atoms with Gasteiger partial charge in [-0.3, -0.25) is 0 Å². The van der Waals surface area contributed by atoms with E-state index in [1.807, 2.05) is 23.6 Å². The highest BCUT2D eigenvalue weighted by atomic mass is 32.1. The fourth-order valence-corrected chi connectivity index (χ4v) is 1.85. The second-order valence-electron chi connectivity index (χ2n) is 2.79. The lowest BCUT2D eigenvalue weighted by Crippen LogP contribution is -1.92. The Morgan fingerprint density at radius 1 is 1.43 bits per heavy atom. The summed E-state index contributed by atoms with van der Waals surface area (Å²) < 4.78 is 5.14. The standard InChI is InChI=1S/C10H10N2OS/c1-13-9-6-7(2-3-8(9)11)10-12-4-5-14-10/h2-6H,11H2,1H3. The number of hydrogen-bond donors (Lipinski definition) is 1. The van der Waals surface area contributed by atoms with Crippen LogP contribution >= 0.6 is 11.3 Å². The van der Waals surface area contributed by atoms with Crippen molar-refractivity contribution in [3.63, 3.8) is 0 Å². The molecule has 0 radical (unpaired) electrons. The van der Waals surface area contributed by atoms with Crippen molar-refractivity contribution in [3.8, 4) is 16.3 Å². The predicted molar refractivity (Wildman–Crippen MR) is 58.5 cm³/mol. The van der Waals surface area contributed by atoms with Crippen molar-refractivity contribution in [1.82, 2.24) is 4.98 Å². The molecule has 0 amide bonds. The van der Waals surface area contributed by atoms with E-state index in [0.717, 1.165) is 10.6 Å². The van der Waals surface area contributed by atoms with Crippen LogP contribution in [0.1, 0.15) is 0 Å². The maximum absolute atomic E-state index is 5.71. The Balaban J connectivity index is 2.46. The number of rotatable bonds is 2. The molecule has 2 aromatic rings. The van der Waals surface area contributed by atoms with Crippen LogP contribution in [-0.2, 0) is 0 Å². The second kappa shape index (κ2) is 3.67. The van der Waals surface area contributed by atoms with E-state index in [9.17, 15) is 0 Å². The summed E-state index contributed by atoms with van der Waals surface area (Å²) >= 11 is 1.59. The average Bonchev–Trinajstić information content (AvgIpc) is 2.71. The fourth-order valence-electron chi connectivity index (χ4n) is 1.21. The molecule has 0 bridgehead atoms. The first-order chi connectivity index (χ1) is 6.81. The molecule has 2 N–H and O–H groups in total. The first-order valence-electron chi connectivity index (χ1n) is 4.14. The van der Waals surface area contributed by atoms with Gasteiger partial charge >= 0.3 is 0 Å². The highest BCUT2D eigenvalue weighted by molar-refractivity contribution is 7.13. The zero-order chi connectivity index (χ0) is 9.97. The van der Waals surface area contributed by atoms with Crippen LogP contribution in [0.4, 0.5) is 5.69 Å². The number of nitrogens with zero attached hydrogens (tertiary/aromatic N) is 1. The number of nitrogens with two attached hydrogens (primary N) is 1. The maximum Gasteiger partial charge on any atom is 0.142 e. The molecule has 0 aliphatic heterocycles. The number of methoxy groups -OCH3 is 1. The number of thiazole rings is 1. The van der Waals surface area contributed by atoms with E-state index in [-0.39, 0.29) is 0 Å². The molecule has 0 spiro atoms. The molecule has 1 heterocycles. The van der Waals surface area contributed by atoms with Crippen molar-refractivity contribution < 1.29 is 4.74 Å². The van der Waals surface area contributed by atoms with E-state index in [2.05, 4.69) is 4.98 Å². The third kappa shape index (κ3) is 1.56. The van der Waals surface area contributed by atoms with Crippen molar-refractivity contribution >= 4 is 17.0 Å². The Morgan fingerprint density at radius 2 is 2.29 bits per heavy atom. The van der Waals surface area contributed by atoms with Crippen LogP contribution < -0.4 is 10.5 Å². The lowest BCUT2D eigenvalue weighted by molar-refractivity contribution is 0.417. The highest BCUT2D eigenvalue weighted by Crippen LogP contribution is 2.29. The molecule has 14 heavy (non-hydrogen) atoms. The van der Waals surface area contributed by atoms with E-state index in [1.54, 1.807) is 24.6 Å². The molecule has 1 aromatic carbocycles. The van der Waals surface area contributed by atoms with Crippen molar-refractivity contribution in [2.45, 2.75) is 0 Å². The summed E-state index contributed by atoms with van der Waals surface area (Å²) in [4.78, 5) is 4.21. The van der Waals surface area contributed by atoms with E-state index in [1.165, 1.54) is 0 Å². The predicted octanol–water partition coefficient (Wildman–Crippen LogP) is 2.40. The van der Waals surface area contributed by atoms with E-state index < -0.39 is 0 Å². The van der Waals surface area contributed by atoms with Gasteiger partial charge in [-0.1, -0.05) is 0 Å². The minimum atomic E-state index is 0.646. The van der Waals surface area contributed by atoms with Crippen LogP contribution in [0, 0.1) is 0 Å². The lowest BCUT2D eigenvalue weighted by atomic mass is 10.2. The highest BCUT2D eigenvalue weighted by Gasteiger charge is 2.04. The molecule has 0 saturated heterocycles. The zero-order valence-electron chi connectivity index (χ0n) is 7.73. The largest absolute Gasteiger partial charge is 0.495 e. The van der Waals surface area contributed by atoms with Gasteiger partial charge in [0.25, 0.3) is 0 Å². The summed E-state index contributed by atoms with van der Waals surface area (Å²) in [6.45, 7) is 0. The van der Waals surface area contributed by atoms with Gasteiger partial charge in [-0.2, -0.15) is 0 Å². The molecule has 0 atom stereocenters. The summed E-state index contributed by atoms with van der Waals surface area (Å²) in [5, 5.41) is 2.92. The van der Waals surface area contributed by atoms with Gasteiger partial charge in [0.1, 0.15) is 10.8 Å². The van der Waals surface area contributed by atoms with Gasteiger partial charge in [0.2, 0.25) is 0 Å². The van der Waals surface area contributed by atoms with Gasteiger partial charge in [-0.05, 0) is 18.2 Å². The number of aromatic nitrogens is 1. The monoisotopic (exact) mass is 206 g/mol. The lowest BCUT2D eigenvalue weighted by Gasteiger charge is -2.05. The number of hydrogen-bond acceptors (Lipinski definition) is 4. The molecule has 3 nitrogen and oxygen atoms in total. The Bertz CT molecular complexity index is 426. The van der Waals surface area contributed by atoms with Crippen LogP contribution in [0.3, 0.4) is 0 Å². The summed E-state index contributed by atoms with van der Waals surface area (Å²) in [6.07, 6.45) is 1.78. The molecular formula is C10H10N2OS. The second-order valence-corrected chi connectivity index (χ2v) is 3.69. The van der Waals surface area contributed by atoms with Crippen molar-refractivity contribution in [2.75, 3.05) is 12.8 Å². The van der Waals surface area contributed by atoms with E-state index >= 15 is 0 Å². The van der Waals surface area contributed by atoms with Gasteiger partial charge < -0.3 is 10.5 Å². The topological polar surface area (TPSA) is 48.1 Å². The molecule has 1 aromatic heterocycles. The summed E-state index contributed by atoms with van der Waals surface area (Å²) in [7, 11) is 1.61. The number of nitrogen functional groups attached to an aromatic ring is 1. The zero-order valence-corrected chi connectivity index (χ0v) is 8.54.